The van der Waals surface area contributed by atoms with Gasteiger partial charge in [-0.2, -0.15) is 23.2 Å². The van der Waals surface area contributed by atoms with Gasteiger partial charge in [0.05, 0.1) is 33.9 Å². The number of carbonyl (C=O) groups is 3. The van der Waals surface area contributed by atoms with Crippen LogP contribution in [0.1, 0.15) is 52.0 Å². The summed E-state index contributed by atoms with van der Waals surface area (Å²) in [7, 11) is 0. The third kappa shape index (κ3) is 8.32. The van der Waals surface area contributed by atoms with Gasteiger partial charge in [0.1, 0.15) is 51.3 Å². The van der Waals surface area contributed by atoms with Crippen LogP contribution in [0.3, 0.4) is 0 Å². The predicted octanol–water partition coefficient (Wildman–Crippen LogP) is 8.62. The molecule has 56 heavy (non-hydrogen) atoms. The van der Waals surface area contributed by atoms with Crippen molar-refractivity contribution in [3.05, 3.63) is 112 Å². The number of rotatable bonds is 15. The Hall–Kier alpha value is -6.35. The highest BCUT2D eigenvalue weighted by Gasteiger charge is 2.33. The molecule has 0 unspecified atom stereocenters. The number of pyridine rings is 1. The van der Waals surface area contributed by atoms with E-state index in [-0.39, 0.29) is 29.9 Å². The van der Waals surface area contributed by atoms with Crippen LogP contribution in [0.25, 0.3) is 10.2 Å². The lowest BCUT2D eigenvalue weighted by Crippen LogP contribution is -2.35. The van der Waals surface area contributed by atoms with Crippen molar-refractivity contribution in [1.82, 2.24) is 15.2 Å². The average molecular weight is 784 g/mol. The monoisotopic (exact) mass is 783 g/mol. The van der Waals surface area contributed by atoms with E-state index in [1.807, 2.05) is 55.5 Å². The molecule has 2 N–H and O–H groups in total. The molecule has 2 aliphatic rings. The third-order valence-electron chi connectivity index (χ3n) is 9.37. The maximum absolute atomic E-state index is 13.8. The van der Waals surface area contributed by atoms with Gasteiger partial charge in [-0.15, -0.1) is 11.3 Å². The Morgan fingerprint density at radius 3 is 2.66 bits per heavy atom. The number of aryl methyl sites for hydroxylation is 1. The molecule has 0 spiro atoms. The summed E-state index contributed by atoms with van der Waals surface area (Å²) in [5, 5.41) is 25.4. The Bertz CT molecular complexity index is 2450. The van der Waals surface area contributed by atoms with Gasteiger partial charge in [-0.25, -0.2) is 9.78 Å². The number of aromatic nitrogens is 1. The summed E-state index contributed by atoms with van der Waals surface area (Å²) in [6.45, 7) is 2.92. The van der Waals surface area contributed by atoms with Gasteiger partial charge in [0.25, 0.3) is 11.8 Å². The molecule has 14 heteroatoms. The van der Waals surface area contributed by atoms with E-state index < -0.39 is 6.03 Å². The van der Waals surface area contributed by atoms with E-state index in [1.165, 1.54) is 16.2 Å². The van der Waals surface area contributed by atoms with Crippen LogP contribution < -0.4 is 25.0 Å². The van der Waals surface area contributed by atoms with Crippen LogP contribution in [0.5, 0.6) is 17.2 Å². The lowest BCUT2D eigenvalue weighted by atomic mass is 10.1. The smallest absolute Gasteiger partial charge is 0.331 e. The van der Waals surface area contributed by atoms with Gasteiger partial charge in [0.15, 0.2) is 0 Å². The van der Waals surface area contributed by atoms with Gasteiger partial charge < -0.3 is 25.0 Å². The van der Waals surface area contributed by atoms with Crippen molar-refractivity contribution in [3.8, 4) is 29.4 Å². The number of unbranched alkanes of at least 4 members (excludes halogenated alkanes) is 1. The SMILES string of the molecule is Cc1cc(Oc2cccc(COc3ccccc3C#N)c2)ccc1N1C(=O)Nc2c(C(=O)NCCCCN(CS)C(=O)/C(C#N)=C/C3CC3)sc3nccc1c23. The maximum atomic E-state index is 13.8. The number of hydrogen-bond acceptors (Lipinski definition) is 10. The summed E-state index contributed by atoms with van der Waals surface area (Å²) >= 11 is 5.50. The summed E-state index contributed by atoms with van der Waals surface area (Å²) in [6, 6.07) is 25.6. The van der Waals surface area contributed by atoms with Gasteiger partial charge in [-0.3, -0.25) is 14.5 Å². The zero-order chi connectivity index (χ0) is 39.2. The number of para-hydroxylation sites is 1. The number of allylic oxidation sites excluding steroid dienone is 1. The molecule has 2 aromatic heterocycles. The predicted molar refractivity (Wildman–Crippen MR) is 218 cm³/mol. The molecular weight excluding hydrogens is 747 g/mol. The number of benzene rings is 3. The Balaban J connectivity index is 0.996. The molecule has 1 aliphatic carbocycles. The minimum Gasteiger partial charge on any atom is -0.488 e. The fourth-order valence-electron chi connectivity index (χ4n) is 6.38. The van der Waals surface area contributed by atoms with Crippen LogP contribution in [0.15, 0.2) is 90.6 Å². The van der Waals surface area contributed by atoms with Crippen molar-refractivity contribution in [2.45, 2.75) is 39.2 Å². The normalized spacial score (nSPS) is 13.4. The number of ether oxygens (including phenoxy) is 2. The van der Waals surface area contributed by atoms with E-state index in [0.29, 0.717) is 86.8 Å². The van der Waals surface area contributed by atoms with E-state index in [1.54, 1.807) is 47.5 Å². The Morgan fingerprint density at radius 1 is 1.07 bits per heavy atom. The molecule has 1 aliphatic heterocycles. The second kappa shape index (κ2) is 17.0. The molecule has 1 saturated carbocycles. The molecule has 4 amide bonds. The number of carbonyl (C=O) groups excluding carboxylic acids is 3. The minimum atomic E-state index is -0.413. The summed E-state index contributed by atoms with van der Waals surface area (Å²) < 4.78 is 12.1. The third-order valence-corrected chi connectivity index (χ3v) is 10.8. The van der Waals surface area contributed by atoms with E-state index in [9.17, 15) is 24.9 Å². The molecule has 0 atom stereocenters. The molecule has 0 bridgehead atoms. The first-order chi connectivity index (χ1) is 27.3. The zero-order valence-corrected chi connectivity index (χ0v) is 32.2. The highest BCUT2D eigenvalue weighted by atomic mass is 32.1. The number of urea groups is 1. The molecule has 0 radical (unpaired) electrons. The molecule has 7 rings (SSSR count). The molecule has 282 valence electrons. The lowest BCUT2D eigenvalue weighted by molar-refractivity contribution is -0.125. The number of amides is 4. The van der Waals surface area contributed by atoms with Crippen LogP contribution >= 0.6 is 24.0 Å². The van der Waals surface area contributed by atoms with E-state index >= 15 is 0 Å². The molecule has 3 aromatic carbocycles. The second-order valence-corrected chi connectivity index (χ2v) is 14.7. The first-order valence-electron chi connectivity index (χ1n) is 18.1. The number of nitrogens with one attached hydrogen (secondary N) is 2. The highest BCUT2D eigenvalue weighted by Crippen LogP contribution is 2.46. The average Bonchev–Trinajstić information content (AvgIpc) is 3.96. The maximum Gasteiger partial charge on any atom is 0.331 e. The number of thiol groups is 1. The largest absolute Gasteiger partial charge is 0.488 e. The number of nitrogens with zero attached hydrogens (tertiary/aromatic N) is 5. The quantitative estimate of drug-likeness (QED) is 0.0313. The van der Waals surface area contributed by atoms with Gasteiger partial charge in [0.2, 0.25) is 0 Å². The van der Waals surface area contributed by atoms with Crippen LogP contribution in [0.4, 0.5) is 21.9 Å². The number of anilines is 3. The number of hydrogen-bond donors (Lipinski definition) is 3. The van der Waals surface area contributed by atoms with Gasteiger partial charge in [-0.05, 0) is 98.2 Å². The fourth-order valence-corrected chi connectivity index (χ4v) is 7.68. The first-order valence-corrected chi connectivity index (χ1v) is 19.5. The standard InChI is InChI=1S/C42H37N7O5S2/c1-26-19-32(54-31-9-6-7-28(21-31)24-53-35-10-3-2-8-29(35)22-43)13-14-33(26)49-34-15-17-46-40-36(34)37(47-42(49)52)38(56-40)39(50)45-16-4-5-18-48(25-55)41(51)30(23-44)20-27-11-12-27/h2-3,6-10,13-15,17,19-21,27,55H,4-5,11-12,16,18,24-25H2,1H3,(H,45,50)(H,47,52)/b30-20+. The van der Waals surface area contributed by atoms with Crippen LogP contribution in [-0.4, -0.2) is 46.7 Å². The van der Waals surface area contributed by atoms with E-state index in [0.717, 1.165) is 24.0 Å². The van der Waals surface area contributed by atoms with Crippen molar-refractivity contribution in [3.63, 3.8) is 0 Å². The molecule has 3 heterocycles. The van der Waals surface area contributed by atoms with Crippen molar-refractivity contribution in [2.24, 2.45) is 5.92 Å². The number of thiophene rings is 1. The van der Waals surface area contributed by atoms with Crippen LogP contribution in [-0.2, 0) is 11.4 Å². The van der Waals surface area contributed by atoms with Gasteiger partial charge in [-0.1, -0.05) is 30.3 Å². The minimum absolute atomic E-state index is 0.157. The Morgan fingerprint density at radius 2 is 1.89 bits per heavy atom. The van der Waals surface area contributed by atoms with Crippen molar-refractivity contribution in [2.75, 3.05) is 29.2 Å². The molecule has 12 nitrogen and oxygen atoms in total. The summed E-state index contributed by atoms with van der Waals surface area (Å²) in [6.07, 6.45) is 6.58. The fraction of sp³-hybridized carbons (Fsp3) is 0.238. The van der Waals surface area contributed by atoms with Crippen LogP contribution in [0.2, 0.25) is 0 Å². The lowest BCUT2D eigenvalue weighted by Gasteiger charge is -2.29. The van der Waals surface area contributed by atoms with Crippen molar-refractivity contribution in [1.29, 1.82) is 10.5 Å². The first kappa shape index (κ1) is 37.9. The molecular formula is C42H37N7O5S2. The Kier molecular flexibility index (Phi) is 11.5. The highest BCUT2D eigenvalue weighted by molar-refractivity contribution is 7.80. The van der Waals surface area contributed by atoms with E-state index in [2.05, 4.69) is 34.3 Å². The van der Waals surface area contributed by atoms with Gasteiger partial charge >= 0.3 is 6.03 Å². The van der Waals surface area contributed by atoms with Crippen molar-refractivity contribution < 1.29 is 23.9 Å². The second-order valence-electron chi connectivity index (χ2n) is 13.4. The number of nitriles is 2. The zero-order valence-electron chi connectivity index (χ0n) is 30.4. The summed E-state index contributed by atoms with van der Waals surface area (Å²) in [5.41, 5.74) is 3.94. The Labute approximate surface area is 333 Å². The van der Waals surface area contributed by atoms with Crippen molar-refractivity contribution >= 4 is 69.1 Å². The van der Waals surface area contributed by atoms with E-state index in [4.69, 9.17) is 9.47 Å². The summed E-state index contributed by atoms with van der Waals surface area (Å²) in [5.74, 6) is 1.55. The molecule has 0 saturated heterocycles. The molecule has 1 fully saturated rings. The topological polar surface area (TPSA) is 161 Å². The summed E-state index contributed by atoms with van der Waals surface area (Å²) in [4.78, 5) is 48.6. The molecule has 5 aromatic rings. The van der Waals surface area contributed by atoms with Gasteiger partial charge in [0, 0.05) is 19.3 Å². The van der Waals surface area contributed by atoms with Crippen LogP contribution in [0, 0.1) is 35.5 Å².